The molecule has 0 saturated carbocycles. The van der Waals surface area contributed by atoms with Crippen LogP contribution in [0, 0.1) is 0 Å². The number of hydrogen-bond acceptors (Lipinski definition) is 2. The van der Waals surface area contributed by atoms with Gasteiger partial charge in [-0.15, -0.1) is 0 Å². The zero-order valence-corrected chi connectivity index (χ0v) is 11.9. The molecule has 0 spiro atoms. The van der Waals surface area contributed by atoms with Crippen LogP contribution in [0.4, 0.5) is 5.69 Å². The quantitative estimate of drug-likeness (QED) is 0.767. The van der Waals surface area contributed by atoms with Crippen LogP contribution in [0.15, 0.2) is 22.7 Å². The summed E-state index contributed by atoms with van der Waals surface area (Å²) in [6.45, 7) is 1.01. The van der Waals surface area contributed by atoms with Gasteiger partial charge in [-0.05, 0) is 59.0 Å². The van der Waals surface area contributed by atoms with Gasteiger partial charge in [0.25, 0.3) is 0 Å². The van der Waals surface area contributed by atoms with Crippen LogP contribution < -0.4 is 5.32 Å². The van der Waals surface area contributed by atoms with Crippen LogP contribution >= 0.6 is 39.3 Å². The number of benzene rings is 1. The molecule has 0 bridgehead atoms. The maximum absolute atomic E-state index is 5.86. The predicted octanol–water partition coefficient (Wildman–Crippen LogP) is 4.66. The van der Waals surface area contributed by atoms with Crippen molar-refractivity contribution in [3.63, 3.8) is 0 Å². The normalized spacial score (nSPS) is 10.3. The van der Waals surface area contributed by atoms with Crippen LogP contribution in [-0.2, 0) is 0 Å². The third-order valence-electron chi connectivity index (χ3n) is 2.02. The first-order chi connectivity index (χ1) is 7.24. The Hall–Kier alpha value is 0.140. The highest BCUT2D eigenvalue weighted by Gasteiger charge is 1.99. The van der Waals surface area contributed by atoms with E-state index in [2.05, 4.69) is 27.5 Å². The summed E-state index contributed by atoms with van der Waals surface area (Å²) in [5, 5.41) is 4.14. The fraction of sp³-hybridized carbons (Fsp3) is 0.455. The van der Waals surface area contributed by atoms with Gasteiger partial charge in [0.1, 0.15) is 0 Å². The largest absolute Gasteiger partial charge is 0.384 e. The Kier molecular flexibility index (Phi) is 6.53. The Bertz CT molecular complexity index is 307. The predicted molar refractivity (Wildman–Crippen MR) is 75.3 cm³/mol. The van der Waals surface area contributed by atoms with Gasteiger partial charge in [-0.2, -0.15) is 11.8 Å². The Labute approximate surface area is 109 Å². The Balaban J connectivity index is 2.31. The van der Waals surface area contributed by atoms with E-state index in [-0.39, 0.29) is 0 Å². The Morgan fingerprint density at radius 3 is 2.87 bits per heavy atom. The fourth-order valence-electron chi connectivity index (χ4n) is 1.23. The number of halogens is 2. The molecule has 1 nitrogen and oxygen atoms in total. The number of unbranched alkanes of at least 4 members (excludes halogenated alkanes) is 1. The molecule has 4 heteroatoms. The monoisotopic (exact) mass is 307 g/mol. The molecule has 0 heterocycles. The van der Waals surface area contributed by atoms with Gasteiger partial charge < -0.3 is 5.32 Å². The van der Waals surface area contributed by atoms with Crippen LogP contribution in [0.2, 0.25) is 5.02 Å². The van der Waals surface area contributed by atoms with Gasteiger partial charge in [0.05, 0.1) is 0 Å². The molecule has 0 fully saturated rings. The van der Waals surface area contributed by atoms with E-state index in [0.29, 0.717) is 0 Å². The van der Waals surface area contributed by atoms with E-state index in [1.165, 1.54) is 18.6 Å². The van der Waals surface area contributed by atoms with Crippen molar-refractivity contribution < 1.29 is 0 Å². The fourth-order valence-corrected chi connectivity index (χ4v) is 2.54. The lowest BCUT2D eigenvalue weighted by molar-refractivity contribution is 0.843. The average molecular weight is 309 g/mol. The maximum atomic E-state index is 5.86. The third kappa shape index (κ3) is 5.14. The summed E-state index contributed by atoms with van der Waals surface area (Å²) in [7, 11) is 0. The average Bonchev–Trinajstić information content (AvgIpc) is 2.20. The van der Waals surface area contributed by atoms with E-state index in [9.17, 15) is 0 Å². The standard InChI is InChI=1S/C11H15BrClNS/c1-15-7-3-2-6-14-11-5-4-9(13)8-10(11)12/h4-5,8,14H,2-3,6-7H2,1H3. The molecule has 0 aliphatic carbocycles. The number of nitrogens with one attached hydrogen (secondary N) is 1. The zero-order chi connectivity index (χ0) is 11.1. The minimum atomic E-state index is 0.759. The summed E-state index contributed by atoms with van der Waals surface area (Å²) in [5.41, 5.74) is 1.11. The van der Waals surface area contributed by atoms with Crippen LogP contribution in [0.25, 0.3) is 0 Å². The molecule has 0 amide bonds. The highest BCUT2D eigenvalue weighted by Crippen LogP contribution is 2.25. The summed E-state index contributed by atoms with van der Waals surface area (Å²) >= 11 is 11.2. The number of thioether (sulfide) groups is 1. The molecule has 0 aromatic heterocycles. The first-order valence-electron chi connectivity index (χ1n) is 4.92. The van der Waals surface area contributed by atoms with Crippen molar-refractivity contribution in [2.75, 3.05) is 23.9 Å². The topological polar surface area (TPSA) is 12.0 Å². The summed E-state index contributed by atoms with van der Waals surface area (Å²) in [6, 6.07) is 5.81. The van der Waals surface area contributed by atoms with Crippen molar-refractivity contribution in [1.82, 2.24) is 0 Å². The lowest BCUT2D eigenvalue weighted by atomic mass is 10.3. The lowest BCUT2D eigenvalue weighted by Crippen LogP contribution is -2.02. The van der Waals surface area contributed by atoms with Crippen molar-refractivity contribution >= 4 is 45.0 Å². The summed E-state index contributed by atoms with van der Waals surface area (Å²) < 4.78 is 1.03. The lowest BCUT2D eigenvalue weighted by Gasteiger charge is -2.08. The van der Waals surface area contributed by atoms with Gasteiger partial charge in [-0.1, -0.05) is 11.6 Å². The van der Waals surface area contributed by atoms with Crippen LogP contribution in [0.1, 0.15) is 12.8 Å². The van der Waals surface area contributed by atoms with Crippen LogP contribution in [0.3, 0.4) is 0 Å². The van der Waals surface area contributed by atoms with E-state index in [0.717, 1.165) is 21.7 Å². The highest BCUT2D eigenvalue weighted by atomic mass is 79.9. The zero-order valence-electron chi connectivity index (χ0n) is 8.72. The third-order valence-corrected chi connectivity index (χ3v) is 3.61. The second-order valence-electron chi connectivity index (χ2n) is 3.25. The molecule has 1 N–H and O–H groups in total. The molecule has 0 saturated heterocycles. The molecule has 0 unspecified atom stereocenters. The van der Waals surface area contributed by atoms with Gasteiger partial charge in [0, 0.05) is 21.7 Å². The van der Waals surface area contributed by atoms with Crippen molar-refractivity contribution in [2.45, 2.75) is 12.8 Å². The van der Waals surface area contributed by atoms with Crippen LogP contribution in [0.5, 0.6) is 0 Å². The highest BCUT2D eigenvalue weighted by molar-refractivity contribution is 9.10. The number of anilines is 1. The van der Waals surface area contributed by atoms with Gasteiger partial charge in [-0.25, -0.2) is 0 Å². The molecule has 1 aromatic carbocycles. The maximum Gasteiger partial charge on any atom is 0.0485 e. The molecule has 15 heavy (non-hydrogen) atoms. The van der Waals surface area contributed by atoms with Gasteiger partial charge in [0.15, 0.2) is 0 Å². The first kappa shape index (κ1) is 13.2. The van der Waals surface area contributed by atoms with Crippen LogP contribution in [-0.4, -0.2) is 18.6 Å². The smallest absolute Gasteiger partial charge is 0.0485 e. The van der Waals surface area contributed by atoms with Crippen molar-refractivity contribution in [1.29, 1.82) is 0 Å². The van der Waals surface area contributed by atoms with E-state index in [1.807, 2.05) is 30.0 Å². The molecule has 1 aromatic rings. The summed E-state index contributed by atoms with van der Waals surface area (Å²) in [4.78, 5) is 0. The van der Waals surface area contributed by atoms with E-state index < -0.39 is 0 Å². The van der Waals surface area contributed by atoms with Gasteiger partial charge in [0.2, 0.25) is 0 Å². The molecule has 0 aliphatic rings. The number of rotatable bonds is 6. The first-order valence-corrected chi connectivity index (χ1v) is 7.48. The minimum absolute atomic E-state index is 0.759. The minimum Gasteiger partial charge on any atom is -0.384 e. The summed E-state index contributed by atoms with van der Waals surface area (Å²) in [5.74, 6) is 1.24. The van der Waals surface area contributed by atoms with Gasteiger partial charge >= 0.3 is 0 Å². The Morgan fingerprint density at radius 2 is 2.20 bits per heavy atom. The molecule has 0 aliphatic heterocycles. The van der Waals surface area contributed by atoms with E-state index >= 15 is 0 Å². The van der Waals surface area contributed by atoms with Crippen molar-refractivity contribution in [3.05, 3.63) is 27.7 Å². The van der Waals surface area contributed by atoms with E-state index in [4.69, 9.17) is 11.6 Å². The van der Waals surface area contributed by atoms with Crippen molar-refractivity contribution in [2.24, 2.45) is 0 Å². The second-order valence-corrected chi connectivity index (χ2v) is 5.53. The molecule has 84 valence electrons. The molecular formula is C11H15BrClNS. The summed E-state index contributed by atoms with van der Waals surface area (Å²) in [6.07, 6.45) is 4.61. The van der Waals surface area contributed by atoms with E-state index in [1.54, 1.807) is 0 Å². The second kappa shape index (κ2) is 7.42. The van der Waals surface area contributed by atoms with Gasteiger partial charge in [-0.3, -0.25) is 0 Å². The number of hydrogen-bond donors (Lipinski definition) is 1. The molecule has 0 atom stereocenters. The van der Waals surface area contributed by atoms with Crippen molar-refractivity contribution in [3.8, 4) is 0 Å². The molecule has 1 rings (SSSR count). The molecular weight excluding hydrogens is 294 g/mol. The SMILES string of the molecule is CSCCCCNc1ccc(Cl)cc1Br. The molecule has 0 radical (unpaired) electrons. The Morgan fingerprint density at radius 1 is 1.40 bits per heavy atom.